The monoisotopic (exact) mass is 349 g/mol. The second-order valence-electron chi connectivity index (χ2n) is 7.27. The van der Waals surface area contributed by atoms with Gasteiger partial charge < -0.3 is 5.32 Å². The molecule has 2 aliphatic heterocycles. The van der Waals surface area contributed by atoms with Gasteiger partial charge in [-0.3, -0.25) is 9.59 Å². The van der Waals surface area contributed by atoms with E-state index in [-0.39, 0.29) is 42.2 Å². The van der Waals surface area contributed by atoms with E-state index in [1.807, 2.05) is 50.2 Å². The first-order valence-electron chi connectivity index (χ1n) is 9.01. The number of rotatable bonds is 3. The van der Waals surface area contributed by atoms with Crippen LogP contribution in [-0.4, -0.2) is 17.9 Å². The van der Waals surface area contributed by atoms with Crippen molar-refractivity contribution >= 4 is 11.7 Å². The normalized spacial score (nSPS) is 27.7. The van der Waals surface area contributed by atoms with Gasteiger partial charge in [0, 0.05) is 23.8 Å². The maximum absolute atomic E-state index is 13.3. The first-order valence-corrected chi connectivity index (χ1v) is 9.01. The molecule has 2 aromatic carbocycles. The Balaban J connectivity index is 1.69. The molecule has 4 unspecified atom stereocenters. The van der Waals surface area contributed by atoms with Gasteiger partial charge in [0.15, 0.2) is 5.78 Å². The average molecular weight is 349 g/mol. The largest absolute Gasteiger partial charge is 0.339 e. The molecule has 134 valence electrons. The number of carbonyl (C=O) groups is 2. The number of hydrazine groups is 1. The smallest absolute Gasteiger partial charge is 0.222 e. The molecule has 3 N–H and O–H groups in total. The Hall–Kier alpha value is -2.50. The van der Waals surface area contributed by atoms with E-state index in [1.165, 1.54) is 0 Å². The minimum atomic E-state index is -0.358. The van der Waals surface area contributed by atoms with Gasteiger partial charge in [0.2, 0.25) is 5.91 Å². The van der Waals surface area contributed by atoms with Crippen molar-refractivity contribution in [2.45, 2.75) is 32.5 Å². The molecule has 5 nitrogen and oxygen atoms in total. The second kappa shape index (κ2) is 6.67. The lowest BCUT2D eigenvalue weighted by Gasteiger charge is -2.35. The van der Waals surface area contributed by atoms with Crippen molar-refractivity contribution in [2.24, 2.45) is 11.8 Å². The van der Waals surface area contributed by atoms with Crippen LogP contribution in [0.4, 0.5) is 0 Å². The van der Waals surface area contributed by atoms with Crippen LogP contribution in [0, 0.1) is 25.7 Å². The van der Waals surface area contributed by atoms with Gasteiger partial charge in [-0.1, -0.05) is 42.5 Å². The molecule has 4 rings (SSSR count). The molecule has 0 spiro atoms. The summed E-state index contributed by atoms with van der Waals surface area (Å²) in [6.07, 6.45) is -0.0264. The minimum absolute atomic E-state index is 0.0257. The van der Waals surface area contributed by atoms with E-state index in [2.05, 4.69) is 28.3 Å². The number of hydrogen-bond donors (Lipinski definition) is 3. The van der Waals surface area contributed by atoms with Crippen LogP contribution in [0.15, 0.2) is 48.5 Å². The van der Waals surface area contributed by atoms with Crippen molar-refractivity contribution < 1.29 is 9.59 Å². The van der Waals surface area contributed by atoms with E-state index < -0.39 is 0 Å². The number of ketones is 1. The summed E-state index contributed by atoms with van der Waals surface area (Å²) in [7, 11) is 0. The van der Waals surface area contributed by atoms with E-state index >= 15 is 0 Å². The van der Waals surface area contributed by atoms with Crippen LogP contribution in [0.2, 0.25) is 0 Å². The summed E-state index contributed by atoms with van der Waals surface area (Å²) in [6.45, 7) is 4.04. The summed E-state index contributed by atoms with van der Waals surface area (Å²) in [6, 6.07) is 15.8. The third-order valence-electron chi connectivity index (χ3n) is 5.64. The molecule has 0 radical (unpaired) electrons. The fourth-order valence-corrected chi connectivity index (χ4v) is 4.07. The third kappa shape index (κ3) is 2.93. The molecular weight excluding hydrogens is 326 g/mol. The number of fused-ring (bicyclic) bond motifs is 1. The quantitative estimate of drug-likeness (QED) is 0.745. The van der Waals surface area contributed by atoms with Gasteiger partial charge in [-0.25, -0.2) is 10.9 Å². The predicted octanol–water partition coefficient (Wildman–Crippen LogP) is 2.41. The highest BCUT2D eigenvalue weighted by atomic mass is 16.2. The minimum Gasteiger partial charge on any atom is -0.339 e. The molecule has 4 atom stereocenters. The number of nitrogens with one attached hydrogen (secondary N) is 3. The Labute approximate surface area is 153 Å². The SMILES string of the molecule is Cc1ccc(C(=O)C2CC(=O)NC3NNC(c4ccccc4)C32)cc1C. The van der Waals surface area contributed by atoms with Gasteiger partial charge in [-0.15, -0.1) is 0 Å². The molecule has 2 fully saturated rings. The molecule has 1 amide bonds. The van der Waals surface area contributed by atoms with Gasteiger partial charge in [0.05, 0.1) is 12.2 Å². The zero-order chi connectivity index (χ0) is 18.3. The second-order valence-corrected chi connectivity index (χ2v) is 7.27. The Morgan fingerprint density at radius 2 is 1.77 bits per heavy atom. The van der Waals surface area contributed by atoms with E-state index in [9.17, 15) is 9.59 Å². The van der Waals surface area contributed by atoms with Gasteiger partial charge in [0.1, 0.15) is 0 Å². The van der Waals surface area contributed by atoms with Crippen molar-refractivity contribution in [3.05, 3.63) is 70.8 Å². The van der Waals surface area contributed by atoms with Crippen LogP contribution in [-0.2, 0) is 4.79 Å². The lowest BCUT2D eigenvalue weighted by Crippen LogP contribution is -2.54. The predicted molar refractivity (Wildman–Crippen MR) is 99.2 cm³/mol. The molecule has 0 saturated carbocycles. The fourth-order valence-electron chi connectivity index (χ4n) is 4.07. The standard InChI is InChI=1S/C21H23N3O2/c1-12-8-9-15(10-13(12)2)20(26)16-11-17(25)22-21-18(16)19(23-24-21)14-6-4-3-5-7-14/h3-10,16,18-19,21,23-24H,11H2,1-2H3,(H,22,25). The van der Waals surface area contributed by atoms with Crippen LogP contribution in [0.1, 0.15) is 39.5 Å². The number of benzene rings is 2. The Kier molecular flexibility index (Phi) is 4.34. The molecule has 2 aliphatic rings. The number of piperidine rings is 1. The average Bonchev–Trinajstić information content (AvgIpc) is 3.07. The maximum atomic E-state index is 13.3. The van der Waals surface area contributed by atoms with Crippen molar-refractivity contribution in [1.82, 2.24) is 16.2 Å². The van der Waals surface area contributed by atoms with E-state index in [4.69, 9.17) is 0 Å². The Bertz CT molecular complexity index is 850. The van der Waals surface area contributed by atoms with E-state index in [1.54, 1.807) is 0 Å². The summed E-state index contributed by atoms with van der Waals surface area (Å²) in [5.74, 6) is -0.436. The van der Waals surface area contributed by atoms with Crippen LogP contribution < -0.4 is 16.2 Å². The Morgan fingerprint density at radius 1 is 1.00 bits per heavy atom. The third-order valence-corrected chi connectivity index (χ3v) is 5.64. The van der Waals surface area contributed by atoms with Crippen molar-refractivity contribution in [2.75, 3.05) is 0 Å². The van der Waals surface area contributed by atoms with Gasteiger partial charge in [-0.2, -0.15) is 0 Å². The molecular formula is C21H23N3O2. The molecule has 0 aromatic heterocycles. The van der Waals surface area contributed by atoms with Gasteiger partial charge in [-0.05, 0) is 36.6 Å². The first-order chi connectivity index (χ1) is 12.5. The molecule has 2 saturated heterocycles. The first kappa shape index (κ1) is 16.9. The van der Waals surface area contributed by atoms with Gasteiger partial charge in [0.25, 0.3) is 0 Å². The number of aryl methyl sites for hydroxylation is 2. The summed E-state index contributed by atoms with van der Waals surface area (Å²) in [5, 5.41) is 2.97. The van der Waals surface area contributed by atoms with Crippen LogP contribution in [0.5, 0.6) is 0 Å². The number of hydrogen-bond acceptors (Lipinski definition) is 4. The Morgan fingerprint density at radius 3 is 2.50 bits per heavy atom. The lowest BCUT2D eigenvalue weighted by molar-refractivity contribution is -0.125. The van der Waals surface area contributed by atoms with Crippen LogP contribution in [0.25, 0.3) is 0 Å². The van der Waals surface area contributed by atoms with Gasteiger partial charge >= 0.3 is 0 Å². The highest BCUT2D eigenvalue weighted by Gasteiger charge is 2.48. The zero-order valence-electron chi connectivity index (χ0n) is 15.0. The molecule has 2 aromatic rings. The summed E-state index contributed by atoms with van der Waals surface area (Å²) in [4.78, 5) is 25.5. The highest BCUT2D eigenvalue weighted by molar-refractivity contribution is 6.01. The molecule has 2 heterocycles. The molecule has 0 bridgehead atoms. The topological polar surface area (TPSA) is 70.2 Å². The van der Waals surface area contributed by atoms with Crippen LogP contribution in [0.3, 0.4) is 0 Å². The van der Waals surface area contributed by atoms with Crippen LogP contribution >= 0.6 is 0 Å². The van der Waals surface area contributed by atoms with Crippen molar-refractivity contribution in [3.8, 4) is 0 Å². The van der Waals surface area contributed by atoms with Crippen molar-refractivity contribution in [1.29, 1.82) is 0 Å². The zero-order valence-corrected chi connectivity index (χ0v) is 15.0. The summed E-state index contributed by atoms with van der Waals surface area (Å²) >= 11 is 0. The van der Waals surface area contributed by atoms with Crippen molar-refractivity contribution in [3.63, 3.8) is 0 Å². The molecule has 5 heteroatoms. The molecule has 26 heavy (non-hydrogen) atoms. The number of Topliss-reactive ketones (excluding diaryl/α,β-unsaturated/α-hetero) is 1. The van der Waals surface area contributed by atoms with E-state index in [0.29, 0.717) is 5.56 Å². The number of amides is 1. The number of carbonyl (C=O) groups excluding carboxylic acids is 2. The summed E-state index contributed by atoms with van der Waals surface area (Å²) in [5.41, 5.74) is 10.5. The highest BCUT2D eigenvalue weighted by Crippen LogP contribution is 2.39. The van der Waals surface area contributed by atoms with E-state index in [0.717, 1.165) is 16.7 Å². The maximum Gasteiger partial charge on any atom is 0.222 e. The molecule has 0 aliphatic carbocycles. The lowest BCUT2D eigenvalue weighted by atomic mass is 9.74. The fraction of sp³-hybridized carbons (Fsp3) is 0.333. The summed E-state index contributed by atoms with van der Waals surface area (Å²) < 4.78 is 0.